The summed E-state index contributed by atoms with van der Waals surface area (Å²) in [6, 6.07) is 11.0. The molecule has 0 unspecified atom stereocenters. The molecule has 1 aromatic rings. The second kappa shape index (κ2) is 6.56. The summed E-state index contributed by atoms with van der Waals surface area (Å²) in [6.07, 6.45) is 6.88. The highest BCUT2D eigenvalue weighted by atomic mass is 15.1. The largest absolute Gasteiger partial charge is 0.296 e. The van der Waals surface area contributed by atoms with Crippen molar-refractivity contribution in [2.75, 3.05) is 6.54 Å². The van der Waals surface area contributed by atoms with E-state index in [0.717, 1.165) is 24.7 Å². The zero-order chi connectivity index (χ0) is 12.8. The third kappa shape index (κ3) is 3.34. The van der Waals surface area contributed by atoms with Crippen molar-refractivity contribution in [1.29, 1.82) is 5.26 Å². The summed E-state index contributed by atoms with van der Waals surface area (Å²) in [5.41, 5.74) is 2.07. The zero-order valence-corrected chi connectivity index (χ0v) is 11.2. The summed E-state index contributed by atoms with van der Waals surface area (Å²) in [7, 11) is 0. The van der Waals surface area contributed by atoms with Crippen molar-refractivity contribution in [2.24, 2.45) is 0 Å². The first-order valence-corrected chi connectivity index (χ1v) is 7.06. The van der Waals surface area contributed by atoms with Gasteiger partial charge in [0.1, 0.15) is 0 Å². The van der Waals surface area contributed by atoms with Crippen molar-refractivity contribution >= 4 is 0 Å². The van der Waals surface area contributed by atoms with Crippen LogP contribution >= 0.6 is 0 Å². The molecule has 1 aliphatic rings. The Bertz CT molecular complexity index is 396. The van der Waals surface area contributed by atoms with E-state index in [4.69, 9.17) is 5.26 Å². The Morgan fingerprint density at radius 3 is 2.39 bits per heavy atom. The Labute approximate surface area is 110 Å². The fourth-order valence-electron chi connectivity index (χ4n) is 2.86. The molecule has 0 heterocycles. The molecule has 96 valence electrons. The first-order valence-electron chi connectivity index (χ1n) is 7.06. The minimum Gasteiger partial charge on any atom is -0.296 e. The molecular formula is C16H22N2. The van der Waals surface area contributed by atoms with Crippen LogP contribution in [0.25, 0.3) is 0 Å². The number of hydrogen-bond acceptors (Lipinski definition) is 2. The monoisotopic (exact) mass is 242 g/mol. The summed E-state index contributed by atoms with van der Waals surface area (Å²) in [4.78, 5) is 2.58. The van der Waals surface area contributed by atoms with Crippen LogP contribution in [0.1, 0.15) is 50.2 Å². The van der Waals surface area contributed by atoms with Crippen molar-refractivity contribution in [3.63, 3.8) is 0 Å². The second-order valence-corrected chi connectivity index (χ2v) is 5.16. The van der Waals surface area contributed by atoms with Gasteiger partial charge < -0.3 is 0 Å². The molecular weight excluding hydrogens is 220 g/mol. The van der Waals surface area contributed by atoms with Crippen LogP contribution in [0.15, 0.2) is 24.3 Å². The number of nitrogens with zero attached hydrogens (tertiary/aromatic N) is 2. The topological polar surface area (TPSA) is 27.0 Å². The van der Waals surface area contributed by atoms with Gasteiger partial charge in [0.15, 0.2) is 0 Å². The van der Waals surface area contributed by atoms with Crippen LogP contribution in [-0.4, -0.2) is 17.5 Å². The van der Waals surface area contributed by atoms with E-state index in [1.165, 1.54) is 37.7 Å². The van der Waals surface area contributed by atoms with Crippen LogP contribution in [0, 0.1) is 11.3 Å². The number of nitriles is 1. The maximum atomic E-state index is 8.80. The molecule has 1 saturated carbocycles. The van der Waals surface area contributed by atoms with Gasteiger partial charge in [-0.3, -0.25) is 4.90 Å². The Kier molecular flexibility index (Phi) is 4.78. The molecule has 18 heavy (non-hydrogen) atoms. The minimum atomic E-state index is 0.750. The summed E-state index contributed by atoms with van der Waals surface area (Å²) < 4.78 is 0. The summed E-state index contributed by atoms with van der Waals surface area (Å²) in [6.45, 7) is 4.38. The third-order valence-corrected chi connectivity index (χ3v) is 3.97. The standard InChI is InChI=1S/C16H22N2/c1-2-18(16-6-4-3-5-7-16)13-15-10-8-14(12-17)9-11-15/h8-11,16H,2-7,13H2,1H3. The van der Waals surface area contributed by atoms with E-state index < -0.39 is 0 Å². The first-order chi connectivity index (χ1) is 8.83. The van der Waals surface area contributed by atoms with Gasteiger partial charge in [-0.05, 0) is 37.1 Å². The van der Waals surface area contributed by atoms with Crippen molar-refractivity contribution in [3.8, 4) is 6.07 Å². The van der Waals surface area contributed by atoms with Crippen LogP contribution in [0.4, 0.5) is 0 Å². The Hall–Kier alpha value is -1.33. The Balaban J connectivity index is 1.98. The maximum Gasteiger partial charge on any atom is 0.0991 e. The molecule has 0 amide bonds. The molecule has 1 aromatic carbocycles. The lowest BCUT2D eigenvalue weighted by Crippen LogP contribution is -2.36. The Morgan fingerprint density at radius 2 is 1.83 bits per heavy atom. The molecule has 0 aromatic heterocycles. The molecule has 1 fully saturated rings. The van der Waals surface area contributed by atoms with Crippen molar-refractivity contribution in [3.05, 3.63) is 35.4 Å². The average molecular weight is 242 g/mol. The van der Waals surface area contributed by atoms with Gasteiger partial charge in [0.25, 0.3) is 0 Å². The van der Waals surface area contributed by atoms with Crippen LogP contribution in [0.2, 0.25) is 0 Å². The molecule has 0 N–H and O–H groups in total. The van der Waals surface area contributed by atoms with Crippen molar-refractivity contribution in [2.45, 2.75) is 51.6 Å². The van der Waals surface area contributed by atoms with Gasteiger partial charge in [-0.25, -0.2) is 0 Å². The lowest BCUT2D eigenvalue weighted by atomic mass is 9.94. The predicted octanol–water partition coefficient (Wildman–Crippen LogP) is 3.71. The molecule has 0 saturated heterocycles. The smallest absolute Gasteiger partial charge is 0.0991 e. The molecule has 2 rings (SSSR count). The highest BCUT2D eigenvalue weighted by Crippen LogP contribution is 2.23. The zero-order valence-electron chi connectivity index (χ0n) is 11.2. The minimum absolute atomic E-state index is 0.750. The van der Waals surface area contributed by atoms with Gasteiger partial charge in [0.05, 0.1) is 11.6 Å². The van der Waals surface area contributed by atoms with Gasteiger partial charge in [0.2, 0.25) is 0 Å². The van der Waals surface area contributed by atoms with E-state index in [9.17, 15) is 0 Å². The number of benzene rings is 1. The van der Waals surface area contributed by atoms with E-state index in [1.807, 2.05) is 12.1 Å². The van der Waals surface area contributed by atoms with Gasteiger partial charge in [-0.1, -0.05) is 38.3 Å². The predicted molar refractivity (Wildman–Crippen MR) is 74.1 cm³/mol. The molecule has 0 spiro atoms. The number of hydrogen-bond donors (Lipinski definition) is 0. The molecule has 2 nitrogen and oxygen atoms in total. The average Bonchev–Trinajstić information content (AvgIpc) is 2.46. The first kappa shape index (κ1) is 13.1. The van der Waals surface area contributed by atoms with Crippen molar-refractivity contribution < 1.29 is 0 Å². The quantitative estimate of drug-likeness (QED) is 0.804. The molecule has 0 atom stereocenters. The van der Waals surface area contributed by atoms with Gasteiger partial charge in [-0.2, -0.15) is 5.26 Å². The second-order valence-electron chi connectivity index (χ2n) is 5.16. The van der Waals surface area contributed by atoms with E-state index in [2.05, 4.69) is 30.0 Å². The normalized spacial score (nSPS) is 16.7. The molecule has 0 bridgehead atoms. The van der Waals surface area contributed by atoms with Crippen LogP contribution in [-0.2, 0) is 6.54 Å². The molecule has 0 aliphatic heterocycles. The molecule has 0 radical (unpaired) electrons. The van der Waals surface area contributed by atoms with Gasteiger partial charge in [-0.15, -0.1) is 0 Å². The van der Waals surface area contributed by atoms with Gasteiger partial charge >= 0.3 is 0 Å². The van der Waals surface area contributed by atoms with E-state index in [-0.39, 0.29) is 0 Å². The summed E-state index contributed by atoms with van der Waals surface area (Å²) >= 11 is 0. The van der Waals surface area contributed by atoms with E-state index >= 15 is 0 Å². The molecule has 1 aliphatic carbocycles. The van der Waals surface area contributed by atoms with Gasteiger partial charge in [0, 0.05) is 12.6 Å². The van der Waals surface area contributed by atoms with Crippen LogP contribution < -0.4 is 0 Å². The maximum absolute atomic E-state index is 8.80. The fraction of sp³-hybridized carbons (Fsp3) is 0.562. The Morgan fingerprint density at radius 1 is 1.17 bits per heavy atom. The summed E-state index contributed by atoms with van der Waals surface area (Å²) in [5, 5.41) is 8.80. The van der Waals surface area contributed by atoms with Crippen LogP contribution in [0.5, 0.6) is 0 Å². The lowest BCUT2D eigenvalue weighted by Gasteiger charge is -2.33. The SMILES string of the molecule is CCN(Cc1ccc(C#N)cc1)C1CCCCC1. The van der Waals surface area contributed by atoms with Crippen molar-refractivity contribution in [1.82, 2.24) is 4.90 Å². The van der Waals surface area contributed by atoms with Crippen LogP contribution in [0.3, 0.4) is 0 Å². The van der Waals surface area contributed by atoms with E-state index in [0.29, 0.717) is 0 Å². The lowest BCUT2D eigenvalue weighted by molar-refractivity contribution is 0.156. The highest BCUT2D eigenvalue weighted by molar-refractivity contribution is 5.31. The fourth-order valence-corrected chi connectivity index (χ4v) is 2.86. The number of rotatable bonds is 4. The third-order valence-electron chi connectivity index (χ3n) is 3.97. The van der Waals surface area contributed by atoms with E-state index in [1.54, 1.807) is 0 Å². The summed E-state index contributed by atoms with van der Waals surface area (Å²) in [5.74, 6) is 0. The molecule has 2 heteroatoms. The highest BCUT2D eigenvalue weighted by Gasteiger charge is 2.19.